The van der Waals surface area contributed by atoms with Crippen LogP contribution < -0.4 is 11.1 Å². The standard InChI is InChI=1S/C11H17N5O/c1-8-3-10-13-7-14-16(10)11(4-8)15-9(5-12)6-17-2/h3-4,7,9,15H,5-6,12H2,1-2H3. The van der Waals surface area contributed by atoms with Crippen molar-refractivity contribution in [1.29, 1.82) is 0 Å². The van der Waals surface area contributed by atoms with Gasteiger partial charge in [0.25, 0.3) is 0 Å². The van der Waals surface area contributed by atoms with Gasteiger partial charge in [-0.1, -0.05) is 0 Å². The molecule has 0 spiro atoms. The quantitative estimate of drug-likeness (QED) is 0.785. The monoisotopic (exact) mass is 235 g/mol. The normalized spacial score (nSPS) is 12.9. The minimum absolute atomic E-state index is 0.0641. The number of methoxy groups -OCH3 is 1. The van der Waals surface area contributed by atoms with Gasteiger partial charge in [-0.2, -0.15) is 9.61 Å². The molecule has 0 saturated carbocycles. The highest BCUT2D eigenvalue weighted by atomic mass is 16.5. The molecule has 0 radical (unpaired) electrons. The number of nitrogens with two attached hydrogens (primary N) is 1. The summed E-state index contributed by atoms with van der Waals surface area (Å²) in [5.74, 6) is 0.880. The van der Waals surface area contributed by atoms with Crippen LogP contribution in [0.3, 0.4) is 0 Å². The molecule has 0 aliphatic rings. The van der Waals surface area contributed by atoms with Crippen LogP contribution >= 0.6 is 0 Å². The number of nitrogens with one attached hydrogen (secondary N) is 1. The summed E-state index contributed by atoms with van der Waals surface area (Å²) in [5.41, 5.74) is 7.62. The van der Waals surface area contributed by atoms with E-state index in [1.54, 1.807) is 11.6 Å². The first-order valence-corrected chi connectivity index (χ1v) is 5.50. The predicted octanol–water partition coefficient (Wildman–Crippen LogP) is 0.423. The van der Waals surface area contributed by atoms with Crippen molar-refractivity contribution in [2.24, 2.45) is 5.73 Å². The molecule has 2 aromatic rings. The lowest BCUT2D eigenvalue weighted by molar-refractivity contribution is 0.187. The number of rotatable bonds is 5. The van der Waals surface area contributed by atoms with Crippen LogP contribution in [0.1, 0.15) is 5.56 Å². The average Bonchev–Trinajstić information content (AvgIpc) is 2.76. The fourth-order valence-electron chi connectivity index (χ4n) is 1.74. The van der Waals surface area contributed by atoms with Gasteiger partial charge in [0.05, 0.1) is 12.6 Å². The molecule has 6 nitrogen and oxygen atoms in total. The van der Waals surface area contributed by atoms with Gasteiger partial charge in [-0.25, -0.2) is 4.98 Å². The zero-order valence-electron chi connectivity index (χ0n) is 10.1. The molecule has 0 aliphatic heterocycles. The number of hydrogen-bond donors (Lipinski definition) is 2. The van der Waals surface area contributed by atoms with Gasteiger partial charge in [0.15, 0.2) is 5.65 Å². The van der Waals surface area contributed by atoms with Gasteiger partial charge >= 0.3 is 0 Å². The Morgan fingerprint density at radius 3 is 3.06 bits per heavy atom. The van der Waals surface area contributed by atoms with Gasteiger partial charge in [0, 0.05) is 13.7 Å². The van der Waals surface area contributed by atoms with Gasteiger partial charge in [0.2, 0.25) is 0 Å². The Labute approximate surface area is 99.8 Å². The third kappa shape index (κ3) is 2.54. The number of hydrogen-bond acceptors (Lipinski definition) is 5. The molecule has 0 amide bonds. The molecule has 1 unspecified atom stereocenters. The molecular formula is C11H17N5O. The zero-order valence-corrected chi connectivity index (χ0v) is 10.1. The van der Waals surface area contributed by atoms with E-state index in [0.29, 0.717) is 13.2 Å². The maximum atomic E-state index is 5.68. The zero-order chi connectivity index (χ0) is 12.3. The topological polar surface area (TPSA) is 77.5 Å². The van der Waals surface area contributed by atoms with E-state index in [9.17, 15) is 0 Å². The lowest BCUT2D eigenvalue weighted by atomic mass is 10.2. The van der Waals surface area contributed by atoms with Crippen LogP contribution in [0.5, 0.6) is 0 Å². The third-order valence-corrected chi connectivity index (χ3v) is 2.53. The molecule has 0 fully saturated rings. The van der Waals surface area contributed by atoms with Gasteiger partial charge in [-0.05, 0) is 24.6 Å². The lowest BCUT2D eigenvalue weighted by Crippen LogP contribution is -2.33. The number of ether oxygens (including phenoxy) is 1. The molecule has 2 aromatic heterocycles. The van der Waals surface area contributed by atoms with Crippen LogP contribution in [0.2, 0.25) is 0 Å². The molecule has 92 valence electrons. The van der Waals surface area contributed by atoms with Gasteiger partial charge in [0.1, 0.15) is 12.1 Å². The number of nitrogens with zero attached hydrogens (tertiary/aromatic N) is 3. The number of aromatic nitrogens is 3. The van der Waals surface area contributed by atoms with E-state index in [1.165, 1.54) is 6.33 Å². The third-order valence-electron chi connectivity index (χ3n) is 2.53. The summed E-state index contributed by atoms with van der Waals surface area (Å²) in [7, 11) is 1.66. The fourth-order valence-corrected chi connectivity index (χ4v) is 1.74. The van der Waals surface area contributed by atoms with Crippen molar-refractivity contribution in [3.8, 4) is 0 Å². The van der Waals surface area contributed by atoms with E-state index in [4.69, 9.17) is 10.5 Å². The number of anilines is 1. The van der Waals surface area contributed by atoms with Gasteiger partial charge in [-0.3, -0.25) is 0 Å². The van der Waals surface area contributed by atoms with Crippen LogP contribution in [0, 0.1) is 6.92 Å². The van der Waals surface area contributed by atoms with E-state index >= 15 is 0 Å². The van der Waals surface area contributed by atoms with Crippen molar-refractivity contribution in [3.63, 3.8) is 0 Å². The largest absolute Gasteiger partial charge is 0.383 e. The first-order valence-electron chi connectivity index (χ1n) is 5.50. The summed E-state index contributed by atoms with van der Waals surface area (Å²) in [6.07, 6.45) is 1.54. The second-order valence-corrected chi connectivity index (χ2v) is 3.98. The van der Waals surface area contributed by atoms with Crippen LogP contribution in [-0.2, 0) is 4.74 Å². The minimum atomic E-state index is 0.0641. The summed E-state index contributed by atoms with van der Waals surface area (Å²) >= 11 is 0. The van der Waals surface area contributed by atoms with E-state index < -0.39 is 0 Å². The summed E-state index contributed by atoms with van der Waals surface area (Å²) in [4.78, 5) is 4.17. The van der Waals surface area contributed by atoms with Crippen molar-refractivity contribution >= 4 is 11.5 Å². The first-order chi connectivity index (χ1) is 8.24. The summed E-state index contributed by atoms with van der Waals surface area (Å²) in [5, 5.41) is 7.48. The Hall–Kier alpha value is -1.66. The van der Waals surface area contributed by atoms with Crippen molar-refractivity contribution in [3.05, 3.63) is 24.0 Å². The molecule has 0 aromatic carbocycles. The lowest BCUT2D eigenvalue weighted by Gasteiger charge is -2.17. The Morgan fingerprint density at radius 1 is 1.53 bits per heavy atom. The maximum Gasteiger partial charge on any atom is 0.157 e. The molecule has 2 heterocycles. The molecule has 17 heavy (non-hydrogen) atoms. The minimum Gasteiger partial charge on any atom is -0.383 e. The molecule has 6 heteroatoms. The van der Waals surface area contributed by atoms with Crippen LogP contribution in [0.4, 0.5) is 5.82 Å². The van der Waals surface area contributed by atoms with Crippen LogP contribution in [0.15, 0.2) is 18.5 Å². The SMILES string of the molecule is COCC(CN)Nc1cc(C)cc2ncnn12. The summed E-state index contributed by atoms with van der Waals surface area (Å²) in [6.45, 7) is 3.08. The van der Waals surface area contributed by atoms with Gasteiger partial charge in [-0.15, -0.1) is 0 Å². The van der Waals surface area contributed by atoms with E-state index in [2.05, 4.69) is 15.4 Å². The first kappa shape index (κ1) is 11.8. The predicted molar refractivity (Wildman–Crippen MR) is 66.1 cm³/mol. The second kappa shape index (κ2) is 5.11. The second-order valence-electron chi connectivity index (χ2n) is 3.98. The fraction of sp³-hybridized carbons (Fsp3) is 0.455. The maximum absolute atomic E-state index is 5.68. The highest BCUT2D eigenvalue weighted by molar-refractivity contribution is 5.51. The Kier molecular flexibility index (Phi) is 3.55. The molecule has 1 atom stereocenters. The number of aryl methyl sites for hydroxylation is 1. The molecule has 3 N–H and O–H groups in total. The summed E-state index contributed by atoms with van der Waals surface area (Å²) < 4.78 is 6.86. The molecule has 2 rings (SSSR count). The number of fused-ring (bicyclic) bond motifs is 1. The van der Waals surface area contributed by atoms with Crippen LogP contribution in [-0.4, -0.2) is 40.9 Å². The molecule has 0 aliphatic carbocycles. The number of pyridine rings is 1. The smallest absolute Gasteiger partial charge is 0.157 e. The summed E-state index contributed by atoms with van der Waals surface area (Å²) in [6, 6.07) is 4.06. The van der Waals surface area contributed by atoms with Gasteiger partial charge < -0.3 is 15.8 Å². The Balaban J connectivity index is 2.30. The van der Waals surface area contributed by atoms with Crippen molar-refractivity contribution in [2.75, 3.05) is 25.6 Å². The van der Waals surface area contributed by atoms with Crippen LogP contribution in [0.25, 0.3) is 5.65 Å². The molecule has 0 bridgehead atoms. The molecular weight excluding hydrogens is 218 g/mol. The Morgan fingerprint density at radius 2 is 2.35 bits per heavy atom. The van der Waals surface area contributed by atoms with E-state index in [0.717, 1.165) is 17.0 Å². The molecule has 0 saturated heterocycles. The van der Waals surface area contributed by atoms with E-state index in [-0.39, 0.29) is 6.04 Å². The highest BCUT2D eigenvalue weighted by Gasteiger charge is 2.09. The van der Waals surface area contributed by atoms with E-state index in [1.807, 2.05) is 19.1 Å². The van der Waals surface area contributed by atoms with Crippen molar-refractivity contribution < 1.29 is 4.74 Å². The average molecular weight is 235 g/mol. The van der Waals surface area contributed by atoms with Crippen molar-refractivity contribution in [1.82, 2.24) is 14.6 Å². The Bertz CT molecular complexity index is 496. The van der Waals surface area contributed by atoms with Crippen molar-refractivity contribution in [2.45, 2.75) is 13.0 Å². The highest BCUT2D eigenvalue weighted by Crippen LogP contribution is 2.13.